The predicted molar refractivity (Wildman–Crippen MR) is 71.9 cm³/mol. The van der Waals surface area contributed by atoms with E-state index in [0.29, 0.717) is 12.8 Å². The van der Waals surface area contributed by atoms with Crippen LogP contribution in [0.1, 0.15) is 39.0 Å². The van der Waals surface area contributed by atoms with Gasteiger partial charge in [-0.15, -0.1) is 0 Å². The molecule has 116 valence electrons. The van der Waals surface area contributed by atoms with E-state index in [1.807, 2.05) is 0 Å². The van der Waals surface area contributed by atoms with Gasteiger partial charge < -0.3 is 15.5 Å². The number of aliphatic carboxylic acids is 1. The Labute approximate surface area is 118 Å². The molecule has 0 aromatic carbocycles. The second kappa shape index (κ2) is 6.53. The summed E-state index contributed by atoms with van der Waals surface area (Å²) in [7, 11) is -3.26. The number of amides is 1. The summed E-state index contributed by atoms with van der Waals surface area (Å²) in [4.78, 5) is 22.1. The van der Waals surface area contributed by atoms with Crippen molar-refractivity contribution in [2.75, 3.05) is 12.3 Å². The normalized spacial score (nSPS) is 19.5. The maximum atomic E-state index is 11.9. The number of hydrogen-bond donors (Lipinski definition) is 3. The van der Waals surface area contributed by atoms with Gasteiger partial charge in [0.15, 0.2) is 15.4 Å². The van der Waals surface area contributed by atoms with E-state index < -0.39 is 33.9 Å². The van der Waals surface area contributed by atoms with Crippen LogP contribution in [0.15, 0.2) is 0 Å². The van der Waals surface area contributed by atoms with E-state index in [-0.39, 0.29) is 17.4 Å². The standard InChI is InChI=1S/C12H21NO6S/c1-12(17,11(15)16)8-13-10(14)6-7-20(18,19)9-4-2-3-5-9/h9,17H,2-8H2,1H3,(H,13,14)(H,15,16). The number of nitrogens with one attached hydrogen (secondary N) is 1. The summed E-state index contributed by atoms with van der Waals surface area (Å²) in [5.41, 5.74) is -2.06. The van der Waals surface area contributed by atoms with E-state index >= 15 is 0 Å². The Balaban J connectivity index is 2.38. The van der Waals surface area contributed by atoms with Crippen molar-refractivity contribution in [3.63, 3.8) is 0 Å². The fourth-order valence-corrected chi connectivity index (χ4v) is 3.94. The van der Waals surface area contributed by atoms with Gasteiger partial charge in [0.05, 0.1) is 17.5 Å². The molecule has 1 aliphatic carbocycles. The first-order chi connectivity index (χ1) is 9.15. The number of hydrogen-bond acceptors (Lipinski definition) is 5. The van der Waals surface area contributed by atoms with Gasteiger partial charge in [-0.3, -0.25) is 4.79 Å². The molecule has 3 N–H and O–H groups in total. The molecule has 0 heterocycles. The van der Waals surface area contributed by atoms with E-state index in [4.69, 9.17) is 5.11 Å². The van der Waals surface area contributed by atoms with Gasteiger partial charge in [-0.2, -0.15) is 0 Å². The van der Waals surface area contributed by atoms with Crippen LogP contribution >= 0.6 is 0 Å². The summed E-state index contributed by atoms with van der Waals surface area (Å²) < 4.78 is 23.8. The van der Waals surface area contributed by atoms with Gasteiger partial charge >= 0.3 is 5.97 Å². The lowest BCUT2D eigenvalue weighted by Crippen LogP contribution is -2.46. The molecule has 7 nitrogen and oxygen atoms in total. The lowest BCUT2D eigenvalue weighted by molar-refractivity contribution is -0.156. The first-order valence-corrected chi connectivity index (χ1v) is 8.31. The molecule has 1 aliphatic rings. The maximum Gasteiger partial charge on any atom is 0.337 e. The Morgan fingerprint density at radius 2 is 1.85 bits per heavy atom. The van der Waals surface area contributed by atoms with Gasteiger partial charge in [0.1, 0.15) is 0 Å². The van der Waals surface area contributed by atoms with Gasteiger partial charge in [0, 0.05) is 6.42 Å². The minimum Gasteiger partial charge on any atom is -0.479 e. The Kier molecular flexibility index (Phi) is 5.52. The number of rotatable bonds is 7. The monoisotopic (exact) mass is 307 g/mol. The predicted octanol–water partition coefficient (Wildman–Crippen LogP) is -0.314. The van der Waals surface area contributed by atoms with Crippen LogP contribution in [-0.2, 0) is 19.4 Å². The fourth-order valence-electron chi connectivity index (χ4n) is 2.08. The van der Waals surface area contributed by atoms with E-state index in [9.17, 15) is 23.1 Å². The zero-order valence-electron chi connectivity index (χ0n) is 11.5. The molecule has 8 heteroatoms. The smallest absolute Gasteiger partial charge is 0.337 e. The largest absolute Gasteiger partial charge is 0.479 e. The van der Waals surface area contributed by atoms with Crippen LogP contribution in [0, 0.1) is 0 Å². The summed E-state index contributed by atoms with van der Waals surface area (Å²) >= 11 is 0. The average Bonchev–Trinajstić information content (AvgIpc) is 2.88. The highest BCUT2D eigenvalue weighted by Gasteiger charge is 2.31. The highest BCUT2D eigenvalue weighted by atomic mass is 32.2. The molecule has 1 unspecified atom stereocenters. The zero-order valence-corrected chi connectivity index (χ0v) is 12.3. The Hall–Kier alpha value is -1.15. The number of carboxylic acid groups (broad SMARTS) is 1. The Bertz CT molecular complexity index is 464. The molecule has 0 radical (unpaired) electrons. The van der Waals surface area contributed by atoms with Crippen molar-refractivity contribution in [2.45, 2.75) is 49.9 Å². The first-order valence-electron chi connectivity index (χ1n) is 6.59. The second-order valence-corrected chi connectivity index (χ2v) is 7.78. The topological polar surface area (TPSA) is 121 Å². The van der Waals surface area contributed by atoms with Crippen molar-refractivity contribution in [1.29, 1.82) is 0 Å². The van der Waals surface area contributed by atoms with Gasteiger partial charge in [-0.1, -0.05) is 12.8 Å². The molecule has 0 spiro atoms. The Morgan fingerprint density at radius 3 is 2.35 bits per heavy atom. The molecule has 20 heavy (non-hydrogen) atoms. The highest BCUT2D eigenvalue weighted by Crippen LogP contribution is 2.25. The molecule has 1 saturated carbocycles. The quantitative estimate of drug-likeness (QED) is 0.593. The van der Waals surface area contributed by atoms with Crippen molar-refractivity contribution >= 4 is 21.7 Å². The molecule has 1 atom stereocenters. The molecule has 1 amide bonds. The molecule has 0 bridgehead atoms. The third kappa shape index (κ3) is 4.75. The Morgan fingerprint density at radius 1 is 1.30 bits per heavy atom. The first kappa shape index (κ1) is 16.9. The third-order valence-electron chi connectivity index (χ3n) is 3.51. The van der Waals surface area contributed by atoms with Crippen LogP contribution in [0.4, 0.5) is 0 Å². The SMILES string of the molecule is CC(O)(CNC(=O)CCS(=O)(=O)C1CCCC1)C(=O)O. The van der Waals surface area contributed by atoms with Crippen LogP contribution < -0.4 is 5.32 Å². The van der Waals surface area contributed by atoms with Crippen molar-refractivity contribution in [3.05, 3.63) is 0 Å². The zero-order chi connectivity index (χ0) is 15.4. The molecule has 1 fully saturated rings. The molecular weight excluding hydrogens is 286 g/mol. The highest BCUT2D eigenvalue weighted by molar-refractivity contribution is 7.92. The van der Waals surface area contributed by atoms with Crippen molar-refractivity contribution in [2.24, 2.45) is 0 Å². The molecule has 0 aromatic rings. The molecule has 0 aromatic heterocycles. The van der Waals surface area contributed by atoms with E-state index in [2.05, 4.69) is 5.32 Å². The van der Waals surface area contributed by atoms with Gasteiger partial charge in [0.2, 0.25) is 5.91 Å². The lowest BCUT2D eigenvalue weighted by Gasteiger charge is -2.18. The number of carboxylic acids is 1. The molecular formula is C12H21NO6S. The van der Waals surface area contributed by atoms with Crippen LogP contribution in [0.25, 0.3) is 0 Å². The number of carbonyl (C=O) groups is 2. The maximum absolute atomic E-state index is 11.9. The summed E-state index contributed by atoms with van der Waals surface area (Å²) in [6.07, 6.45) is 2.89. The fraction of sp³-hybridized carbons (Fsp3) is 0.833. The summed E-state index contributed by atoms with van der Waals surface area (Å²) in [5, 5.41) is 20.0. The van der Waals surface area contributed by atoms with Gasteiger partial charge in [-0.25, -0.2) is 13.2 Å². The molecule has 0 aliphatic heterocycles. The number of carbonyl (C=O) groups excluding carboxylic acids is 1. The summed E-state index contributed by atoms with van der Waals surface area (Å²) in [6, 6.07) is 0. The van der Waals surface area contributed by atoms with Crippen LogP contribution in [0.5, 0.6) is 0 Å². The molecule has 1 rings (SSSR count). The van der Waals surface area contributed by atoms with Crippen LogP contribution in [0.2, 0.25) is 0 Å². The number of sulfone groups is 1. The minimum atomic E-state index is -3.26. The van der Waals surface area contributed by atoms with E-state index in [1.165, 1.54) is 0 Å². The minimum absolute atomic E-state index is 0.214. The van der Waals surface area contributed by atoms with Crippen molar-refractivity contribution in [3.8, 4) is 0 Å². The van der Waals surface area contributed by atoms with E-state index in [0.717, 1.165) is 19.8 Å². The van der Waals surface area contributed by atoms with Crippen molar-refractivity contribution in [1.82, 2.24) is 5.32 Å². The van der Waals surface area contributed by atoms with E-state index in [1.54, 1.807) is 0 Å². The van der Waals surface area contributed by atoms with Crippen LogP contribution in [-0.4, -0.2) is 53.7 Å². The summed E-state index contributed by atoms with van der Waals surface area (Å²) in [5.74, 6) is -2.26. The van der Waals surface area contributed by atoms with Gasteiger partial charge in [-0.05, 0) is 19.8 Å². The van der Waals surface area contributed by atoms with Crippen LogP contribution in [0.3, 0.4) is 0 Å². The van der Waals surface area contributed by atoms with Crippen molar-refractivity contribution < 1.29 is 28.2 Å². The second-order valence-electron chi connectivity index (χ2n) is 5.38. The average molecular weight is 307 g/mol. The lowest BCUT2D eigenvalue weighted by atomic mass is 10.1. The summed E-state index contributed by atoms with van der Waals surface area (Å²) in [6.45, 7) is 0.607. The molecule has 0 saturated heterocycles. The van der Waals surface area contributed by atoms with Gasteiger partial charge in [0.25, 0.3) is 0 Å². The number of aliphatic hydroxyl groups is 1. The third-order valence-corrected chi connectivity index (χ3v) is 5.77.